The molecule has 0 aliphatic carbocycles. The molecule has 0 amide bonds. The molecule has 132 valence electrons. The minimum atomic E-state index is -0.386. The summed E-state index contributed by atoms with van der Waals surface area (Å²) in [7, 11) is 1.35. The van der Waals surface area contributed by atoms with Gasteiger partial charge in [-0.25, -0.2) is 4.79 Å². The molecule has 2 heterocycles. The molecule has 0 spiro atoms. The number of nitrogen functional groups attached to an aromatic ring is 1. The summed E-state index contributed by atoms with van der Waals surface area (Å²) in [5.74, 6) is 1.49. The van der Waals surface area contributed by atoms with Crippen LogP contribution in [-0.4, -0.2) is 41.1 Å². The third-order valence-electron chi connectivity index (χ3n) is 3.97. The maximum Gasteiger partial charge on any atom is 0.337 e. The Morgan fingerprint density at radius 3 is 2.52 bits per heavy atom. The van der Waals surface area contributed by atoms with Crippen molar-refractivity contribution in [2.75, 3.05) is 30.8 Å². The molecule has 1 aliphatic heterocycles. The lowest BCUT2D eigenvalue weighted by Crippen LogP contribution is -2.31. The Morgan fingerprint density at radius 1 is 1.12 bits per heavy atom. The number of hydrogen-bond donors (Lipinski definition) is 1. The number of hydrogen-bond acceptors (Lipinski definition) is 8. The van der Waals surface area contributed by atoms with Crippen molar-refractivity contribution in [1.82, 2.24) is 15.0 Å². The zero-order chi connectivity index (χ0) is 17.6. The van der Waals surface area contributed by atoms with Gasteiger partial charge in [0.2, 0.25) is 11.9 Å². The van der Waals surface area contributed by atoms with Crippen molar-refractivity contribution in [2.45, 2.75) is 25.9 Å². The van der Waals surface area contributed by atoms with Crippen molar-refractivity contribution in [1.29, 1.82) is 0 Å². The second kappa shape index (κ2) is 7.78. The highest BCUT2D eigenvalue weighted by molar-refractivity contribution is 5.89. The van der Waals surface area contributed by atoms with Gasteiger partial charge in [0.15, 0.2) is 5.82 Å². The minimum absolute atomic E-state index is 0.172. The predicted octanol–water partition coefficient (Wildman–Crippen LogP) is 1.81. The highest BCUT2D eigenvalue weighted by Crippen LogP contribution is 2.18. The van der Waals surface area contributed by atoms with E-state index in [1.165, 1.54) is 13.5 Å². The summed E-state index contributed by atoms with van der Waals surface area (Å²) in [6, 6.07) is 6.68. The fourth-order valence-corrected chi connectivity index (χ4v) is 2.68. The summed E-state index contributed by atoms with van der Waals surface area (Å²) < 4.78 is 10.3. The Balaban J connectivity index is 1.66. The molecule has 2 aromatic rings. The summed E-state index contributed by atoms with van der Waals surface area (Å²) in [5, 5.41) is 0. The third-order valence-corrected chi connectivity index (χ3v) is 3.97. The predicted molar refractivity (Wildman–Crippen MR) is 92.4 cm³/mol. The number of anilines is 2. The first-order valence-corrected chi connectivity index (χ1v) is 8.22. The lowest BCUT2D eigenvalue weighted by atomic mass is 10.1. The van der Waals surface area contributed by atoms with Crippen LogP contribution >= 0.6 is 0 Å². The van der Waals surface area contributed by atoms with Crippen LogP contribution in [-0.2, 0) is 11.3 Å². The van der Waals surface area contributed by atoms with E-state index in [4.69, 9.17) is 10.5 Å². The smallest absolute Gasteiger partial charge is 0.337 e. The SMILES string of the molecule is COC(=O)c1ccc(OCc2nc(N)nc(N3CCCCC3)n2)cc1. The standard InChI is InChI=1S/C17H21N5O3/c1-24-15(23)12-5-7-13(8-6-12)25-11-14-19-16(18)21-17(20-14)22-9-3-2-4-10-22/h5-8H,2-4,9-11H2,1H3,(H2,18,19,20,21). The third kappa shape index (κ3) is 4.34. The molecule has 1 aromatic carbocycles. The van der Waals surface area contributed by atoms with Crippen LogP contribution in [0, 0.1) is 0 Å². The summed E-state index contributed by atoms with van der Waals surface area (Å²) in [6.45, 7) is 2.03. The van der Waals surface area contributed by atoms with Gasteiger partial charge in [0.05, 0.1) is 12.7 Å². The number of piperidine rings is 1. The molecule has 1 aliphatic rings. The molecule has 3 rings (SSSR count). The van der Waals surface area contributed by atoms with Crippen molar-refractivity contribution in [2.24, 2.45) is 0 Å². The van der Waals surface area contributed by atoms with Crippen molar-refractivity contribution >= 4 is 17.9 Å². The Morgan fingerprint density at radius 2 is 1.84 bits per heavy atom. The van der Waals surface area contributed by atoms with E-state index in [1.54, 1.807) is 24.3 Å². The summed E-state index contributed by atoms with van der Waals surface area (Å²) >= 11 is 0. The van der Waals surface area contributed by atoms with Gasteiger partial charge in [0, 0.05) is 13.1 Å². The molecule has 0 radical (unpaired) electrons. The van der Waals surface area contributed by atoms with Gasteiger partial charge in [-0.1, -0.05) is 0 Å². The van der Waals surface area contributed by atoms with E-state index in [9.17, 15) is 4.79 Å². The van der Waals surface area contributed by atoms with E-state index in [0.717, 1.165) is 25.9 Å². The van der Waals surface area contributed by atoms with Crippen molar-refractivity contribution in [3.05, 3.63) is 35.7 Å². The topological polar surface area (TPSA) is 103 Å². The van der Waals surface area contributed by atoms with Crippen molar-refractivity contribution in [3.63, 3.8) is 0 Å². The number of esters is 1. The highest BCUT2D eigenvalue weighted by atomic mass is 16.5. The minimum Gasteiger partial charge on any atom is -0.486 e. The van der Waals surface area contributed by atoms with Gasteiger partial charge < -0.3 is 20.1 Å². The second-order valence-electron chi connectivity index (χ2n) is 5.76. The lowest BCUT2D eigenvalue weighted by Gasteiger charge is -2.26. The summed E-state index contributed by atoms with van der Waals surface area (Å²) in [6.07, 6.45) is 3.49. The molecule has 0 atom stereocenters. The van der Waals surface area contributed by atoms with E-state index in [-0.39, 0.29) is 18.5 Å². The largest absolute Gasteiger partial charge is 0.486 e. The van der Waals surface area contributed by atoms with Crippen LogP contribution in [0.3, 0.4) is 0 Å². The van der Waals surface area contributed by atoms with Crippen molar-refractivity contribution < 1.29 is 14.3 Å². The summed E-state index contributed by atoms with van der Waals surface area (Å²) in [4.78, 5) is 26.4. The Hall–Kier alpha value is -2.90. The lowest BCUT2D eigenvalue weighted by molar-refractivity contribution is 0.0600. The zero-order valence-corrected chi connectivity index (χ0v) is 14.1. The number of methoxy groups -OCH3 is 1. The van der Waals surface area contributed by atoms with Crippen molar-refractivity contribution in [3.8, 4) is 5.75 Å². The number of aromatic nitrogens is 3. The van der Waals surface area contributed by atoms with E-state index in [1.807, 2.05) is 0 Å². The number of nitrogens with zero attached hydrogens (tertiary/aromatic N) is 4. The van der Waals surface area contributed by atoms with Gasteiger partial charge in [-0.3, -0.25) is 0 Å². The first-order valence-electron chi connectivity index (χ1n) is 8.22. The normalized spacial score (nSPS) is 14.2. The molecule has 25 heavy (non-hydrogen) atoms. The van der Waals surface area contributed by atoms with Crippen LogP contribution in [0.15, 0.2) is 24.3 Å². The number of benzene rings is 1. The molecular formula is C17H21N5O3. The first-order chi connectivity index (χ1) is 12.2. The molecule has 0 saturated carbocycles. The molecule has 8 heteroatoms. The van der Waals surface area contributed by atoms with Gasteiger partial charge in [0.1, 0.15) is 12.4 Å². The van der Waals surface area contributed by atoms with Crippen LogP contribution in [0.2, 0.25) is 0 Å². The summed E-state index contributed by atoms with van der Waals surface area (Å²) in [5.41, 5.74) is 6.27. The molecular weight excluding hydrogens is 322 g/mol. The van der Waals surface area contributed by atoms with Gasteiger partial charge >= 0.3 is 5.97 Å². The average Bonchev–Trinajstić information content (AvgIpc) is 2.66. The molecule has 2 N–H and O–H groups in total. The van der Waals surface area contributed by atoms with Gasteiger partial charge in [0.25, 0.3) is 0 Å². The van der Waals surface area contributed by atoms with Gasteiger partial charge in [-0.2, -0.15) is 15.0 Å². The Bertz CT molecular complexity index is 730. The van der Waals surface area contributed by atoms with Crippen LogP contribution in [0.1, 0.15) is 35.4 Å². The molecule has 0 bridgehead atoms. The fraction of sp³-hybridized carbons (Fsp3) is 0.412. The maximum atomic E-state index is 11.4. The van der Waals surface area contributed by atoms with Crippen LogP contribution in [0.5, 0.6) is 5.75 Å². The zero-order valence-electron chi connectivity index (χ0n) is 14.1. The molecule has 8 nitrogen and oxygen atoms in total. The quantitative estimate of drug-likeness (QED) is 0.820. The van der Waals surface area contributed by atoms with Crippen LogP contribution in [0.4, 0.5) is 11.9 Å². The van der Waals surface area contributed by atoms with Crippen LogP contribution < -0.4 is 15.4 Å². The Labute approximate surface area is 146 Å². The highest BCUT2D eigenvalue weighted by Gasteiger charge is 2.15. The van der Waals surface area contributed by atoms with Crippen LogP contribution in [0.25, 0.3) is 0 Å². The monoisotopic (exact) mass is 343 g/mol. The molecule has 1 aromatic heterocycles. The van der Waals surface area contributed by atoms with Gasteiger partial charge in [-0.15, -0.1) is 0 Å². The molecule has 0 unspecified atom stereocenters. The number of carbonyl (C=O) groups is 1. The fourth-order valence-electron chi connectivity index (χ4n) is 2.68. The first kappa shape index (κ1) is 16.9. The number of carbonyl (C=O) groups excluding carboxylic acids is 1. The number of rotatable bonds is 5. The molecule has 1 fully saturated rings. The van der Waals surface area contributed by atoms with E-state index in [2.05, 4.69) is 24.6 Å². The Kier molecular flexibility index (Phi) is 5.27. The number of ether oxygens (including phenoxy) is 2. The van der Waals surface area contributed by atoms with E-state index >= 15 is 0 Å². The average molecular weight is 343 g/mol. The van der Waals surface area contributed by atoms with Gasteiger partial charge in [-0.05, 0) is 43.5 Å². The van der Waals surface area contributed by atoms with E-state index in [0.29, 0.717) is 23.1 Å². The second-order valence-corrected chi connectivity index (χ2v) is 5.76. The van der Waals surface area contributed by atoms with E-state index < -0.39 is 0 Å². The number of nitrogens with two attached hydrogens (primary N) is 1. The maximum absolute atomic E-state index is 11.4. The molecule has 1 saturated heterocycles.